The SMILES string of the molecule is CCOC(=O)[C@H](CCc1ccccc1)N[C@@H](C)C(=O)N1CCC[C@H]1C(=O)O.NC(=O)NS(=O)(=O)NC(N)=O. The molecule has 0 bridgehead atoms. The minimum atomic E-state index is -4.23. The fourth-order valence-electron chi connectivity index (χ4n) is 3.67. The summed E-state index contributed by atoms with van der Waals surface area (Å²) in [7, 11) is -4.23. The van der Waals surface area contributed by atoms with Gasteiger partial charge in [0.2, 0.25) is 5.91 Å². The minimum absolute atomic E-state index is 0.262. The summed E-state index contributed by atoms with van der Waals surface area (Å²) in [5.74, 6) is -1.68. The highest BCUT2D eigenvalue weighted by atomic mass is 32.2. The van der Waals surface area contributed by atoms with E-state index >= 15 is 0 Å². The molecule has 1 fully saturated rings. The molecule has 2 rings (SSSR count). The highest BCUT2D eigenvalue weighted by Crippen LogP contribution is 2.19. The number of carbonyl (C=O) groups excluding carboxylic acids is 4. The molecule has 0 saturated carbocycles. The molecule has 1 aromatic rings. The summed E-state index contributed by atoms with van der Waals surface area (Å²) < 4.78 is 28.5. The molecule has 1 heterocycles. The number of primary amides is 2. The van der Waals surface area contributed by atoms with Crippen LogP contribution in [0.3, 0.4) is 0 Å². The average Bonchev–Trinajstić information content (AvgIpc) is 3.31. The van der Waals surface area contributed by atoms with Crippen LogP contribution in [0.2, 0.25) is 0 Å². The van der Waals surface area contributed by atoms with Crippen molar-refractivity contribution in [3.05, 3.63) is 35.9 Å². The first kappa shape index (κ1) is 32.1. The zero-order valence-electron chi connectivity index (χ0n) is 21.1. The van der Waals surface area contributed by atoms with E-state index in [0.717, 1.165) is 5.56 Å². The maximum Gasteiger partial charge on any atom is 0.328 e. The highest BCUT2D eigenvalue weighted by molar-refractivity contribution is 7.88. The number of carbonyl (C=O) groups is 5. The Morgan fingerprint density at radius 3 is 2.18 bits per heavy atom. The molecule has 212 valence electrons. The summed E-state index contributed by atoms with van der Waals surface area (Å²) >= 11 is 0. The standard InChI is InChI=1S/C20H28N2O5.C2H6N4O4S/c1-3-27-20(26)16(12-11-15-8-5-4-6-9-15)21-14(2)18(23)22-13-7-10-17(22)19(24)25;3-1(7)5-11(9,10)6-2(4)8/h4-6,8-9,14,16-17,21H,3,7,10-13H2,1-2H3,(H,24,25);(H3,3,5,7)(H3,4,6,8)/t14-,16-,17-;/m0./s1. The monoisotopic (exact) mass is 558 g/mol. The van der Waals surface area contributed by atoms with Gasteiger partial charge in [0.15, 0.2) is 0 Å². The summed E-state index contributed by atoms with van der Waals surface area (Å²) in [6, 6.07) is 5.08. The van der Waals surface area contributed by atoms with Crippen molar-refractivity contribution in [2.24, 2.45) is 11.5 Å². The Kier molecular flexibility index (Phi) is 13.0. The third-order valence-electron chi connectivity index (χ3n) is 5.25. The lowest BCUT2D eigenvalue weighted by atomic mass is 10.0. The lowest BCUT2D eigenvalue weighted by molar-refractivity contribution is -0.150. The number of hydrogen-bond acceptors (Lipinski definition) is 9. The average molecular weight is 559 g/mol. The van der Waals surface area contributed by atoms with Crippen molar-refractivity contribution in [3.8, 4) is 0 Å². The van der Waals surface area contributed by atoms with Crippen LogP contribution in [0.15, 0.2) is 30.3 Å². The van der Waals surface area contributed by atoms with Crippen molar-refractivity contribution >= 4 is 40.1 Å². The van der Waals surface area contributed by atoms with E-state index in [-0.39, 0.29) is 12.5 Å². The number of esters is 1. The van der Waals surface area contributed by atoms with E-state index in [4.69, 9.17) is 4.74 Å². The number of nitrogens with one attached hydrogen (secondary N) is 3. The number of carboxylic acid groups (broad SMARTS) is 1. The van der Waals surface area contributed by atoms with Gasteiger partial charge in [0.1, 0.15) is 12.1 Å². The largest absolute Gasteiger partial charge is 0.480 e. The number of rotatable bonds is 11. The molecule has 38 heavy (non-hydrogen) atoms. The molecular formula is C22H34N6O9S. The summed E-state index contributed by atoms with van der Waals surface area (Å²) in [6.07, 6.45) is 2.29. The second-order valence-corrected chi connectivity index (χ2v) is 9.60. The quantitative estimate of drug-likeness (QED) is 0.184. The number of nitrogens with two attached hydrogens (primary N) is 2. The van der Waals surface area contributed by atoms with Gasteiger partial charge in [-0.3, -0.25) is 14.9 Å². The van der Waals surface area contributed by atoms with Crippen LogP contribution in [-0.2, 0) is 35.8 Å². The topological polar surface area (TPSA) is 240 Å². The smallest absolute Gasteiger partial charge is 0.328 e. The van der Waals surface area contributed by atoms with Crippen LogP contribution < -0.4 is 26.2 Å². The number of aliphatic carboxylic acids is 1. The molecule has 3 atom stereocenters. The number of aryl methyl sites for hydroxylation is 1. The molecule has 0 radical (unpaired) electrons. The van der Waals surface area contributed by atoms with Gasteiger partial charge >= 0.3 is 34.2 Å². The lowest BCUT2D eigenvalue weighted by Gasteiger charge is -2.27. The van der Waals surface area contributed by atoms with Crippen LogP contribution in [0.4, 0.5) is 9.59 Å². The third kappa shape index (κ3) is 11.4. The van der Waals surface area contributed by atoms with Gasteiger partial charge < -0.3 is 26.2 Å². The van der Waals surface area contributed by atoms with Gasteiger partial charge in [-0.05, 0) is 45.1 Å². The van der Waals surface area contributed by atoms with Crippen LogP contribution in [0, 0.1) is 0 Å². The number of carboxylic acids is 1. The zero-order chi connectivity index (χ0) is 28.9. The number of urea groups is 2. The van der Waals surface area contributed by atoms with Gasteiger partial charge in [-0.15, -0.1) is 0 Å². The summed E-state index contributed by atoms with van der Waals surface area (Å²) in [5.41, 5.74) is 9.96. The molecule has 0 unspecified atom stereocenters. The van der Waals surface area contributed by atoms with E-state index in [1.54, 1.807) is 13.8 Å². The second kappa shape index (κ2) is 15.4. The van der Waals surface area contributed by atoms with Crippen molar-refractivity contribution in [2.45, 2.75) is 57.7 Å². The van der Waals surface area contributed by atoms with Crippen LogP contribution in [0.1, 0.15) is 38.7 Å². The number of amides is 5. The van der Waals surface area contributed by atoms with Crippen LogP contribution >= 0.6 is 0 Å². The molecule has 0 aromatic heterocycles. The normalized spacial score (nSPS) is 16.3. The maximum atomic E-state index is 12.7. The van der Waals surface area contributed by atoms with E-state index in [2.05, 4.69) is 16.8 Å². The van der Waals surface area contributed by atoms with Crippen molar-refractivity contribution in [1.82, 2.24) is 19.7 Å². The van der Waals surface area contributed by atoms with Gasteiger partial charge in [0.25, 0.3) is 0 Å². The molecule has 0 spiro atoms. The second-order valence-electron chi connectivity index (χ2n) is 8.18. The van der Waals surface area contributed by atoms with Crippen LogP contribution in [0.5, 0.6) is 0 Å². The Hall–Kier alpha value is -3.92. The summed E-state index contributed by atoms with van der Waals surface area (Å²) in [4.78, 5) is 57.6. The third-order valence-corrected chi connectivity index (χ3v) is 6.19. The van der Waals surface area contributed by atoms with E-state index in [9.17, 15) is 37.5 Å². The van der Waals surface area contributed by atoms with Crippen molar-refractivity contribution in [2.75, 3.05) is 13.2 Å². The first-order valence-electron chi connectivity index (χ1n) is 11.7. The number of ether oxygens (including phenoxy) is 1. The molecule has 1 aromatic carbocycles. The van der Waals surface area contributed by atoms with Crippen LogP contribution in [0.25, 0.3) is 0 Å². The molecular weight excluding hydrogens is 524 g/mol. The van der Waals surface area contributed by atoms with Gasteiger partial charge in [0, 0.05) is 6.54 Å². The number of hydrogen-bond donors (Lipinski definition) is 6. The molecule has 1 saturated heterocycles. The van der Waals surface area contributed by atoms with Crippen molar-refractivity contribution in [1.29, 1.82) is 0 Å². The maximum absolute atomic E-state index is 12.7. The fraction of sp³-hybridized carbons (Fsp3) is 0.500. The Morgan fingerprint density at radius 1 is 1.11 bits per heavy atom. The zero-order valence-corrected chi connectivity index (χ0v) is 21.9. The van der Waals surface area contributed by atoms with E-state index in [1.807, 2.05) is 30.3 Å². The molecule has 16 heteroatoms. The van der Waals surface area contributed by atoms with E-state index in [1.165, 1.54) is 14.3 Å². The first-order valence-corrected chi connectivity index (χ1v) is 13.1. The molecule has 1 aliphatic rings. The Balaban J connectivity index is 0.000000554. The predicted molar refractivity (Wildman–Crippen MR) is 135 cm³/mol. The Morgan fingerprint density at radius 2 is 1.68 bits per heavy atom. The van der Waals surface area contributed by atoms with Gasteiger partial charge in [0.05, 0.1) is 12.6 Å². The molecule has 5 amide bonds. The molecule has 0 aliphatic carbocycles. The number of benzene rings is 1. The van der Waals surface area contributed by atoms with E-state index < -0.39 is 52.3 Å². The minimum Gasteiger partial charge on any atom is -0.480 e. The number of likely N-dealkylation sites (tertiary alicyclic amines) is 1. The van der Waals surface area contributed by atoms with Gasteiger partial charge in [-0.1, -0.05) is 30.3 Å². The van der Waals surface area contributed by atoms with Crippen LogP contribution in [-0.4, -0.2) is 79.6 Å². The van der Waals surface area contributed by atoms with Gasteiger partial charge in [-0.2, -0.15) is 8.42 Å². The van der Waals surface area contributed by atoms with E-state index in [0.29, 0.717) is 32.2 Å². The van der Waals surface area contributed by atoms with Crippen molar-refractivity contribution in [3.63, 3.8) is 0 Å². The summed E-state index contributed by atoms with van der Waals surface area (Å²) in [6.45, 7) is 4.09. The molecule has 8 N–H and O–H groups in total. The fourth-order valence-corrected chi connectivity index (χ4v) is 4.25. The summed E-state index contributed by atoms with van der Waals surface area (Å²) in [5, 5.41) is 12.3. The lowest BCUT2D eigenvalue weighted by Crippen LogP contribution is -2.53. The predicted octanol–water partition coefficient (Wildman–Crippen LogP) is -0.828. The van der Waals surface area contributed by atoms with Gasteiger partial charge in [-0.25, -0.2) is 23.8 Å². The highest BCUT2D eigenvalue weighted by Gasteiger charge is 2.37. The number of nitrogens with zero attached hydrogens (tertiary/aromatic N) is 1. The molecule has 1 aliphatic heterocycles. The Bertz CT molecular complexity index is 1060. The molecule has 15 nitrogen and oxygen atoms in total. The van der Waals surface area contributed by atoms with Crippen molar-refractivity contribution < 1.29 is 42.2 Å². The first-order chi connectivity index (χ1) is 17.8. The Labute approximate surface area is 220 Å².